The molecular formula is C12H12F2N2O4S. The first-order chi connectivity index (χ1) is 9.82. The summed E-state index contributed by atoms with van der Waals surface area (Å²) in [4.78, 5) is 11.2. The molecule has 0 amide bonds. The van der Waals surface area contributed by atoms with Crippen LogP contribution in [0.25, 0.3) is 11.1 Å². The summed E-state index contributed by atoms with van der Waals surface area (Å²) in [5.41, 5.74) is 0.547. The first-order valence-corrected chi connectivity index (χ1v) is 7.66. The fraction of sp³-hybridized carbons (Fsp3) is 0.417. The van der Waals surface area contributed by atoms with Crippen LogP contribution in [0.3, 0.4) is 0 Å². The maximum Gasteiger partial charge on any atom is 0.419 e. The highest BCUT2D eigenvalue weighted by Gasteiger charge is 2.43. The number of aryl methyl sites for hydroxylation is 1. The third-order valence-corrected chi connectivity index (χ3v) is 5.60. The second-order valence-corrected chi connectivity index (χ2v) is 6.75. The second kappa shape index (κ2) is 4.63. The highest BCUT2D eigenvalue weighted by Crippen LogP contribution is 2.31. The van der Waals surface area contributed by atoms with Gasteiger partial charge in [0.2, 0.25) is 10.0 Å². The number of hydrogen-bond acceptors (Lipinski definition) is 4. The Labute approximate surface area is 118 Å². The van der Waals surface area contributed by atoms with Gasteiger partial charge in [0.1, 0.15) is 0 Å². The molecular weight excluding hydrogens is 306 g/mol. The van der Waals surface area contributed by atoms with E-state index in [0.29, 0.717) is 5.52 Å². The van der Waals surface area contributed by atoms with Crippen molar-refractivity contribution in [1.82, 2.24) is 8.87 Å². The van der Waals surface area contributed by atoms with E-state index < -0.39 is 28.2 Å². The predicted molar refractivity (Wildman–Crippen MR) is 69.8 cm³/mol. The van der Waals surface area contributed by atoms with Crippen LogP contribution < -0.4 is 5.76 Å². The van der Waals surface area contributed by atoms with Crippen LogP contribution in [0.4, 0.5) is 8.78 Å². The van der Waals surface area contributed by atoms with Crippen molar-refractivity contribution in [1.29, 1.82) is 0 Å². The molecule has 3 rings (SSSR count). The van der Waals surface area contributed by atoms with Crippen molar-refractivity contribution < 1.29 is 21.6 Å². The van der Waals surface area contributed by atoms with Crippen molar-refractivity contribution >= 4 is 21.1 Å². The van der Waals surface area contributed by atoms with E-state index >= 15 is 0 Å². The Morgan fingerprint density at radius 1 is 1.38 bits per heavy atom. The quantitative estimate of drug-likeness (QED) is 0.851. The van der Waals surface area contributed by atoms with Gasteiger partial charge in [-0.1, -0.05) is 0 Å². The lowest BCUT2D eigenvalue weighted by Crippen LogP contribution is -2.54. The molecule has 2 heterocycles. The Hall–Kier alpha value is -1.74. The zero-order valence-electron chi connectivity index (χ0n) is 11.0. The summed E-state index contributed by atoms with van der Waals surface area (Å²) in [5, 5.41) is 0. The minimum absolute atomic E-state index is 0.0636. The van der Waals surface area contributed by atoms with Crippen molar-refractivity contribution in [3.63, 3.8) is 0 Å². The summed E-state index contributed by atoms with van der Waals surface area (Å²) in [6, 6.07) is 2.61. The summed E-state index contributed by atoms with van der Waals surface area (Å²) in [6.45, 7) is 0.0636. The van der Waals surface area contributed by atoms with Crippen molar-refractivity contribution in [3.8, 4) is 0 Å². The molecule has 21 heavy (non-hydrogen) atoms. The minimum Gasteiger partial charge on any atom is -0.408 e. The van der Waals surface area contributed by atoms with E-state index in [9.17, 15) is 22.0 Å². The number of rotatable bonds is 3. The Morgan fingerprint density at radius 2 is 2.10 bits per heavy atom. The van der Waals surface area contributed by atoms with Gasteiger partial charge in [0.25, 0.3) is 6.43 Å². The van der Waals surface area contributed by atoms with Gasteiger partial charge in [-0.25, -0.2) is 22.0 Å². The van der Waals surface area contributed by atoms with Crippen LogP contribution in [0.15, 0.2) is 32.3 Å². The molecule has 1 unspecified atom stereocenters. The summed E-state index contributed by atoms with van der Waals surface area (Å²) in [7, 11) is -2.52. The normalized spacial score (nSPS) is 20.1. The molecule has 0 spiro atoms. The number of alkyl halides is 2. The molecule has 1 aliphatic heterocycles. The molecule has 0 N–H and O–H groups in total. The molecule has 1 saturated heterocycles. The van der Waals surface area contributed by atoms with Crippen LogP contribution in [0, 0.1) is 0 Å². The van der Waals surface area contributed by atoms with Gasteiger partial charge in [-0.2, -0.15) is 4.31 Å². The van der Waals surface area contributed by atoms with Crippen LogP contribution in [0.2, 0.25) is 0 Å². The second-order valence-electron chi connectivity index (χ2n) is 4.86. The van der Waals surface area contributed by atoms with Crippen LogP contribution >= 0.6 is 0 Å². The van der Waals surface area contributed by atoms with Crippen LogP contribution in [0.5, 0.6) is 0 Å². The summed E-state index contributed by atoms with van der Waals surface area (Å²) in [5.74, 6) is -0.617. The molecule has 1 fully saturated rings. The summed E-state index contributed by atoms with van der Waals surface area (Å²) >= 11 is 0. The predicted octanol–water partition coefficient (Wildman–Crippen LogP) is 1.16. The van der Waals surface area contributed by atoms with E-state index in [2.05, 4.69) is 0 Å². The summed E-state index contributed by atoms with van der Waals surface area (Å²) < 4.78 is 57.0. The molecule has 1 aliphatic rings. The number of nitrogens with zero attached hydrogens (tertiary/aromatic N) is 2. The maximum absolute atomic E-state index is 12.7. The SMILES string of the molecule is Cn1c(=O)oc2cc(S(=O)(=O)N3CCC3C(F)F)ccc21. The fourth-order valence-electron chi connectivity index (χ4n) is 2.34. The molecule has 0 aliphatic carbocycles. The Morgan fingerprint density at radius 3 is 2.67 bits per heavy atom. The Bertz CT molecular complexity index is 856. The Balaban J connectivity index is 2.05. The van der Waals surface area contributed by atoms with E-state index in [1.54, 1.807) is 0 Å². The molecule has 0 radical (unpaired) electrons. The summed E-state index contributed by atoms with van der Waals surface area (Å²) in [6.07, 6.45) is -2.58. The van der Waals surface area contributed by atoms with E-state index in [1.165, 1.54) is 29.8 Å². The molecule has 114 valence electrons. The number of sulfonamides is 1. The first-order valence-electron chi connectivity index (χ1n) is 6.22. The van der Waals surface area contributed by atoms with Gasteiger partial charge in [-0.3, -0.25) is 4.57 Å². The maximum atomic E-state index is 12.7. The van der Waals surface area contributed by atoms with Gasteiger partial charge in [-0.15, -0.1) is 0 Å². The van der Waals surface area contributed by atoms with E-state index in [-0.39, 0.29) is 23.4 Å². The molecule has 1 atom stereocenters. The standard InChI is InChI=1S/C12H12F2N2O4S/c1-15-8-3-2-7(6-10(8)20-12(15)17)21(18,19)16-5-4-9(16)11(13)14/h2-3,6,9,11H,4-5H2,1H3. The van der Waals surface area contributed by atoms with Gasteiger partial charge in [0, 0.05) is 19.7 Å². The van der Waals surface area contributed by atoms with Crippen LogP contribution in [-0.4, -0.2) is 36.3 Å². The lowest BCUT2D eigenvalue weighted by atomic mass is 10.1. The average Bonchev–Trinajstić information content (AvgIpc) is 2.62. The van der Waals surface area contributed by atoms with Gasteiger partial charge in [0.15, 0.2) is 5.58 Å². The first kappa shape index (κ1) is 14.2. The molecule has 0 bridgehead atoms. The smallest absolute Gasteiger partial charge is 0.408 e. The molecule has 1 aromatic heterocycles. The molecule has 0 saturated carbocycles. The topological polar surface area (TPSA) is 72.5 Å². The molecule has 6 nitrogen and oxygen atoms in total. The Kier molecular flexibility index (Phi) is 3.14. The number of fused-ring (bicyclic) bond motifs is 1. The lowest BCUT2D eigenvalue weighted by Gasteiger charge is -2.38. The van der Waals surface area contributed by atoms with Crippen molar-refractivity contribution in [2.24, 2.45) is 7.05 Å². The minimum atomic E-state index is -4.01. The third-order valence-electron chi connectivity index (χ3n) is 3.68. The number of benzene rings is 1. The van der Waals surface area contributed by atoms with E-state index in [4.69, 9.17) is 4.42 Å². The number of hydrogen-bond donors (Lipinski definition) is 0. The molecule has 9 heteroatoms. The van der Waals surface area contributed by atoms with Gasteiger partial charge >= 0.3 is 5.76 Å². The largest absolute Gasteiger partial charge is 0.419 e. The molecule has 2 aromatic rings. The van der Waals surface area contributed by atoms with Crippen molar-refractivity contribution in [2.75, 3.05) is 6.54 Å². The van der Waals surface area contributed by atoms with Crippen LogP contribution in [0.1, 0.15) is 6.42 Å². The molecule has 1 aromatic carbocycles. The van der Waals surface area contributed by atoms with Crippen LogP contribution in [-0.2, 0) is 17.1 Å². The van der Waals surface area contributed by atoms with Crippen molar-refractivity contribution in [2.45, 2.75) is 23.8 Å². The zero-order valence-corrected chi connectivity index (χ0v) is 11.8. The van der Waals surface area contributed by atoms with Gasteiger partial charge in [-0.05, 0) is 18.6 Å². The lowest BCUT2D eigenvalue weighted by molar-refractivity contribution is 0.0141. The number of aromatic nitrogens is 1. The fourth-order valence-corrected chi connectivity index (χ4v) is 4.01. The average molecular weight is 318 g/mol. The monoisotopic (exact) mass is 318 g/mol. The number of oxazole rings is 1. The highest BCUT2D eigenvalue weighted by atomic mass is 32.2. The van der Waals surface area contributed by atoms with Crippen molar-refractivity contribution in [3.05, 3.63) is 28.7 Å². The number of halogens is 2. The van der Waals surface area contributed by atoms with E-state index in [1.807, 2.05) is 0 Å². The highest BCUT2D eigenvalue weighted by molar-refractivity contribution is 7.89. The van der Waals surface area contributed by atoms with Gasteiger partial charge in [0.05, 0.1) is 16.5 Å². The van der Waals surface area contributed by atoms with E-state index in [0.717, 1.165) is 4.31 Å². The van der Waals surface area contributed by atoms with Gasteiger partial charge < -0.3 is 4.42 Å². The zero-order chi connectivity index (χ0) is 15.4. The third kappa shape index (κ3) is 2.07.